The van der Waals surface area contributed by atoms with Crippen molar-refractivity contribution in [1.29, 1.82) is 0 Å². The minimum atomic E-state index is -0.524. The van der Waals surface area contributed by atoms with Crippen LogP contribution in [-0.2, 0) is 16.1 Å². The first-order valence-corrected chi connectivity index (χ1v) is 11.3. The van der Waals surface area contributed by atoms with Gasteiger partial charge in [0.05, 0.1) is 24.3 Å². The van der Waals surface area contributed by atoms with Crippen molar-refractivity contribution >= 4 is 28.2 Å². The number of nitrogens with one attached hydrogen (secondary N) is 1. The number of ether oxygens (including phenoxy) is 2. The van der Waals surface area contributed by atoms with Crippen molar-refractivity contribution in [2.45, 2.75) is 45.9 Å². The highest BCUT2D eigenvalue weighted by atomic mass is 32.1. The number of aromatic nitrogens is 2. The molecule has 168 valence electrons. The van der Waals surface area contributed by atoms with E-state index in [4.69, 9.17) is 9.47 Å². The van der Waals surface area contributed by atoms with Gasteiger partial charge in [-0.25, -0.2) is 4.98 Å². The molecule has 2 aromatic heterocycles. The predicted molar refractivity (Wildman–Crippen MR) is 117 cm³/mol. The quantitative estimate of drug-likeness (QED) is 0.726. The maximum Gasteiger partial charge on any atom is 0.230 e. The number of rotatable bonds is 6. The fourth-order valence-corrected chi connectivity index (χ4v) is 4.88. The molecular weight excluding hydrogens is 421 g/mol. The van der Waals surface area contributed by atoms with Crippen LogP contribution in [0.25, 0.3) is 0 Å². The second-order valence-corrected chi connectivity index (χ2v) is 9.16. The van der Waals surface area contributed by atoms with E-state index in [9.17, 15) is 9.18 Å². The number of anilines is 2. The minimum absolute atomic E-state index is 0.00975. The third-order valence-corrected chi connectivity index (χ3v) is 6.55. The first-order valence-electron chi connectivity index (χ1n) is 10.5. The molecule has 0 radical (unpaired) electrons. The maximum atomic E-state index is 14.2. The minimum Gasteiger partial charge on any atom is -0.487 e. The van der Waals surface area contributed by atoms with Crippen molar-refractivity contribution < 1.29 is 18.7 Å². The normalized spacial score (nSPS) is 22.0. The molecule has 2 aliphatic heterocycles. The summed E-state index contributed by atoms with van der Waals surface area (Å²) in [5, 5.41) is 2.84. The van der Waals surface area contributed by atoms with Gasteiger partial charge in [0.2, 0.25) is 11.9 Å². The number of morpholine rings is 1. The highest BCUT2D eigenvalue weighted by molar-refractivity contribution is 7.15. The Kier molecular flexibility index (Phi) is 6.68. The van der Waals surface area contributed by atoms with Gasteiger partial charge in [-0.3, -0.25) is 9.69 Å². The third-order valence-electron chi connectivity index (χ3n) is 5.62. The summed E-state index contributed by atoms with van der Waals surface area (Å²) in [5.74, 6) is 0.953. The molecule has 1 amide bonds. The molecule has 8 nitrogen and oxygen atoms in total. The zero-order valence-corrected chi connectivity index (χ0v) is 18.9. The number of aryl methyl sites for hydroxylation is 1. The summed E-state index contributed by atoms with van der Waals surface area (Å²) in [4.78, 5) is 24.5. The molecule has 0 aromatic carbocycles. The van der Waals surface area contributed by atoms with Gasteiger partial charge < -0.3 is 19.7 Å². The Morgan fingerprint density at radius 1 is 1.42 bits per heavy atom. The van der Waals surface area contributed by atoms with E-state index in [2.05, 4.69) is 38.1 Å². The largest absolute Gasteiger partial charge is 0.487 e. The van der Waals surface area contributed by atoms with E-state index in [-0.39, 0.29) is 18.1 Å². The molecule has 2 aromatic rings. The summed E-state index contributed by atoms with van der Waals surface area (Å²) < 4.78 is 25.9. The van der Waals surface area contributed by atoms with E-state index in [1.54, 1.807) is 6.20 Å². The van der Waals surface area contributed by atoms with Crippen LogP contribution in [0.4, 0.5) is 15.3 Å². The molecule has 2 atom stereocenters. The lowest BCUT2D eigenvalue weighted by molar-refractivity contribution is -0.114. The molecule has 0 spiro atoms. The predicted octanol–water partition coefficient (Wildman–Crippen LogP) is 2.82. The number of amides is 1. The van der Waals surface area contributed by atoms with Crippen LogP contribution in [0.2, 0.25) is 0 Å². The SMILES string of the molecule is CC(=O)Nc1nc(F)c(CN2CC(Oc3cnc(N4CCOCC4)cc3C)CC2C)s1. The van der Waals surface area contributed by atoms with Gasteiger partial charge in [-0.1, -0.05) is 11.3 Å². The summed E-state index contributed by atoms with van der Waals surface area (Å²) in [6.45, 7) is 9.81. The van der Waals surface area contributed by atoms with Gasteiger partial charge in [-0.2, -0.15) is 9.37 Å². The van der Waals surface area contributed by atoms with Gasteiger partial charge in [0.1, 0.15) is 17.7 Å². The number of hydrogen-bond acceptors (Lipinski definition) is 8. The van der Waals surface area contributed by atoms with Crippen molar-refractivity contribution in [2.75, 3.05) is 43.1 Å². The van der Waals surface area contributed by atoms with Crippen LogP contribution in [0.3, 0.4) is 0 Å². The first-order chi connectivity index (χ1) is 14.9. The van der Waals surface area contributed by atoms with Gasteiger partial charge >= 0.3 is 0 Å². The van der Waals surface area contributed by atoms with E-state index in [0.29, 0.717) is 23.1 Å². The standard InChI is InChI=1S/C21H28FN5O3S/c1-13-8-19(26-4-6-29-7-5-26)23-10-17(13)30-16-9-14(2)27(11-16)12-18-20(22)25-21(31-18)24-15(3)28/h8,10,14,16H,4-7,9,11-12H2,1-3H3,(H,24,25,28). The lowest BCUT2D eigenvalue weighted by Gasteiger charge is -2.28. The average Bonchev–Trinajstić information content (AvgIpc) is 3.25. The van der Waals surface area contributed by atoms with E-state index in [1.165, 1.54) is 18.3 Å². The van der Waals surface area contributed by atoms with Crippen molar-refractivity contribution in [2.24, 2.45) is 0 Å². The fourth-order valence-electron chi connectivity index (χ4n) is 3.97. The Bertz CT molecular complexity index is 934. The van der Waals surface area contributed by atoms with Crippen LogP contribution < -0.4 is 15.0 Å². The van der Waals surface area contributed by atoms with Crippen LogP contribution in [-0.4, -0.2) is 65.8 Å². The summed E-state index contributed by atoms with van der Waals surface area (Å²) in [7, 11) is 0. The van der Waals surface area contributed by atoms with Gasteiger partial charge in [0.25, 0.3) is 0 Å². The molecular formula is C21H28FN5O3S. The fraction of sp³-hybridized carbons (Fsp3) is 0.571. The zero-order valence-electron chi connectivity index (χ0n) is 18.1. The maximum absolute atomic E-state index is 14.2. The number of pyridine rings is 1. The smallest absolute Gasteiger partial charge is 0.230 e. The molecule has 0 aliphatic carbocycles. The molecule has 4 rings (SSSR count). The van der Waals surface area contributed by atoms with Crippen LogP contribution in [0.5, 0.6) is 5.75 Å². The monoisotopic (exact) mass is 449 g/mol. The third kappa shape index (κ3) is 5.31. The second kappa shape index (κ2) is 9.46. The van der Waals surface area contributed by atoms with Crippen LogP contribution >= 0.6 is 11.3 Å². The Morgan fingerprint density at radius 2 is 2.19 bits per heavy atom. The average molecular weight is 450 g/mol. The van der Waals surface area contributed by atoms with Crippen molar-refractivity contribution in [3.05, 3.63) is 28.7 Å². The Balaban J connectivity index is 1.37. The second-order valence-electron chi connectivity index (χ2n) is 8.08. The van der Waals surface area contributed by atoms with Crippen LogP contribution in [0.1, 0.15) is 30.7 Å². The van der Waals surface area contributed by atoms with E-state index in [1.807, 2.05) is 6.92 Å². The number of likely N-dealkylation sites (tertiary alicyclic amines) is 1. The summed E-state index contributed by atoms with van der Waals surface area (Å²) >= 11 is 1.18. The molecule has 31 heavy (non-hydrogen) atoms. The van der Waals surface area contributed by atoms with E-state index >= 15 is 0 Å². The molecule has 10 heteroatoms. The zero-order chi connectivity index (χ0) is 22.0. The summed E-state index contributed by atoms with van der Waals surface area (Å²) in [6, 6.07) is 2.31. The highest BCUT2D eigenvalue weighted by Gasteiger charge is 2.32. The van der Waals surface area contributed by atoms with E-state index < -0.39 is 5.95 Å². The lowest BCUT2D eigenvalue weighted by atomic mass is 10.2. The molecule has 1 N–H and O–H groups in total. The number of halogens is 1. The number of carbonyl (C=O) groups is 1. The number of carbonyl (C=O) groups excluding carboxylic acids is 1. The molecule has 2 fully saturated rings. The van der Waals surface area contributed by atoms with Gasteiger partial charge in [-0.05, 0) is 25.5 Å². The highest BCUT2D eigenvalue weighted by Crippen LogP contribution is 2.30. The number of thiazole rings is 1. The van der Waals surface area contributed by atoms with Crippen LogP contribution in [0.15, 0.2) is 12.3 Å². The van der Waals surface area contributed by atoms with Gasteiger partial charge in [0, 0.05) is 45.6 Å². The summed E-state index contributed by atoms with van der Waals surface area (Å²) in [5.41, 5.74) is 1.05. The Hall–Kier alpha value is -2.30. The molecule has 2 saturated heterocycles. The molecule has 0 bridgehead atoms. The molecule has 2 unspecified atom stereocenters. The Morgan fingerprint density at radius 3 is 2.90 bits per heavy atom. The molecule has 2 aliphatic rings. The van der Waals surface area contributed by atoms with Crippen LogP contribution in [0, 0.1) is 12.9 Å². The van der Waals surface area contributed by atoms with Crippen molar-refractivity contribution in [3.8, 4) is 5.75 Å². The van der Waals surface area contributed by atoms with E-state index in [0.717, 1.165) is 49.9 Å². The first kappa shape index (κ1) is 21.9. The van der Waals surface area contributed by atoms with Gasteiger partial charge in [-0.15, -0.1) is 0 Å². The molecule has 0 saturated carbocycles. The van der Waals surface area contributed by atoms with Gasteiger partial charge in [0.15, 0.2) is 5.13 Å². The topological polar surface area (TPSA) is 79.8 Å². The number of hydrogen-bond donors (Lipinski definition) is 1. The summed E-state index contributed by atoms with van der Waals surface area (Å²) in [6.07, 6.45) is 2.66. The molecule has 4 heterocycles. The van der Waals surface area contributed by atoms with Crippen molar-refractivity contribution in [3.63, 3.8) is 0 Å². The number of nitrogens with zero attached hydrogens (tertiary/aromatic N) is 4. The van der Waals surface area contributed by atoms with Crippen molar-refractivity contribution in [1.82, 2.24) is 14.9 Å². The Labute approximate surface area is 185 Å². The lowest BCUT2D eigenvalue weighted by Crippen LogP contribution is -2.36.